The Hall–Kier alpha value is -2.09. The van der Waals surface area contributed by atoms with Crippen LogP contribution in [0.3, 0.4) is 0 Å². The van der Waals surface area contributed by atoms with Crippen molar-refractivity contribution in [3.8, 4) is 5.75 Å². The Morgan fingerprint density at radius 1 is 1.29 bits per heavy atom. The molecular formula is C16H13ClN4OS2. The van der Waals surface area contributed by atoms with Crippen LogP contribution in [0.15, 0.2) is 58.8 Å². The lowest BCUT2D eigenvalue weighted by Crippen LogP contribution is -1.94. The van der Waals surface area contributed by atoms with Crippen LogP contribution in [0.1, 0.15) is 11.1 Å². The molecule has 0 amide bonds. The number of rotatable bonds is 5. The van der Waals surface area contributed by atoms with Crippen molar-refractivity contribution in [2.45, 2.75) is 10.9 Å². The second kappa shape index (κ2) is 7.65. The minimum atomic E-state index is 0.0941. The summed E-state index contributed by atoms with van der Waals surface area (Å²) in [5.41, 5.74) is 1.68. The molecule has 8 heteroatoms. The van der Waals surface area contributed by atoms with Crippen molar-refractivity contribution in [3.63, 3.8) is 0 Å². The number of benzene rings is 2. The molecule has 0 unspecified atom stereocenters. The third kappa shape index (κ3) is 4.05. The van der Waals surface area contributed by atoms with Crippen LogP contribution in [0.25, 0.3) is 0 Å². The van der Waals surface area contributed by atoms with Gasteiger partial charge in [-0.15, -0.1) is 5.10 Å². The van der Waals surface area contributed by atoms with E-state index in [0.29, 0.717) is 20.5 Å². The van der Waals surface area contributed by atoms with E-state index in [4.69, 9.17) is 23.8 Å². The minimum absolute atomic E-state index is 0.0941. The van der Waals surface area contributed by atoms with Gasteiger partial charge in [-0.05, 0) is 36.0 Å². The molecule has 5 nitrogen and oxygen atoms in total. The third-order valence-corrected chi connectivity index (χ3v) is 4.63. The standard InChI is InChI=1S/C16H13ClN4OS2/c17-13-6-7-14(22)12(8-13)9-18-21-15(23)19-20-16(21)24-10-11-4-2-1-3-5-11/h1-9,22H,10H2,(H,19,23)/b18-9+. The highest BCUT2D eigenvalue weighted by Gasteiger charge is 2.07. The molecule has 0 aliphatic heterocycles. The topological polar surface area (TPSA) is 66.2 Å². The van der Waals surface area contributed by atoms with Gasteiger partial charge in [0.1, 0.15) is 5.75 Å². The zero-order chi connectivity index (χ0) is 16.9. The summed E-state index contributed by atoms with van der Waals surface area (Å²) < 4.78 is 1.90. The average molecular weight is 377 g/mol. The quantitative estimate of drug-likeness (QED) is 0.391. The molecule has 0 atom stereocenters. The highest BCUT2D eigenvalue weighted by Crippen LogP contribution is 2.22. The molecule has 0 fully saturated rings. The van der Waals surface area contributed by atoms with E-state index < -0.39 is 0 Å². The summed E-state index contributed by atoms with van der Waals surface area (Å²) in [7, 11) is 0. The lowest BCUT2D eigenvalue weighted by atomic mass is 10.2. The Bertz CT molecular complexity index is 921. The van der Waals surface area contributed by atoms with Crippen LogP contribution in [-0.2, 0) is 5.75 Å². The Kier molecular flexibility index (Phi) is 5.34. The summed E-state index contributed by atoms with van der Waals surface area (Å²) in [4.78, 5) is 0. The summed E-state index contributed by atoms with van der Waals surface area (Å²) in [6.07, 6.45) is 1.50. The van der Waals surface area contributed by atoms with Gasteiger partial charge in [-0.1, -0.05) is 53.7 Å². The van der Waals surface area contributed by atoms with Crippen molar-refractivity contribution in [2.75, 3.05) is 0 Å². The molecule has 0 saturated heterocycles. The lowest BCUT2D eigenvalue weighted by Gasteiger charge is -2.02. The van der Waals surface area contributed by atoms with E-state index in [-0.39, 0.29) is 5.75 Å². The van der Waals surface area contributed by atoms with Gasteiger partial charge in [0.2, 0.25) is 9.93 Å². The number of phenols is 1. The van der Waals surface area contributed by atoms with Crippen molar-refractivity contribution in [1.82, 2.24) is 14.9 Å². The molecular weight excluding hydrogens is 364 g/mol. The number of thioether (sulfide) groups is 1. The smallest absolute Gasteiger partial charge is 0.217 e. The largest absolute Gasteiger partial charge is 0.507 e. The Morgan fingerprint density at radius 3 is 2.88 bits per heavy atom. The SMILES string of the molecule is Oc1ccc(Cl)cc1/C=N/n1c(SCc2ccccc2)n[nH]c1=S. The maximum Gasteiger partial charge on any atom is 0.217 e. The monoisotopic (exact) mass is 376 g/mol. The first-order chi connectivity index (χ1) is 11.6. The molecule has 1 heterocycles. The maximum absolute atomic E-state index is 9.84. The molecule has 3 rings (SSSR count). The van der Waals surface area contributed by atoms with Gasteiger partial charge < -0.3 is 5.11 Å². The maximum atomic E-state index is 9.84. The molecule has 0 aliphatic rings. The fraction of sp³-hybridized carbons (Fsp3) is 0.0625. The predicted molar refractivity (Wildman–Crippen MR) is 99.5 cm³/mol. The normalized spacial score (nSPS) is 11.2. The molecule has 0 bridgehead atoms. The molecule has 2 aromatic carbocycles. The molecule has 0 radical (unpaired) electrons. The number of aromatic nitrogens is 3. The van der Waals surface area contributed by atoms with Crippen molar-refractivity contribution in [2.24, 2.45) is 5.10 Å². The van der Waals surface area contributed by atoms with Gasteiger partial charge >= 0.3 is 0 Å². The zero-order valence-corrected chi connectivity index (χ0v) is 14.8. The Morgan fingerprint density at radius 2 is 2.08 bits per heavy atom. The van der Waals surface area contributed by atoms with E-state index in [1.54, 1.807) is 12.1 Å². The fourth-order valence-corrected chi connectivity index (χ4v) is 3.22. The van der Waals surface area contributed by atoms with Crippen molar-refractivity contribution >= 4 is 41.8 Å². The van der Waals surface area contributed by atoms with Crippen LogP contribution in [0.5, 0.6) is 5.75 Å². The van der Waals surface area contributed by atoms with Gasteiger partial charge in [-0.3, -0.25) is 0 Å². The minimum Gasteiger partial charge on any atom is -0.507 e. The van der Waals surface area contributed by atoms with Gasteiger partial charge in [-0.25, -0.2) is 5.10 Å². The van der Waals surface area contributed by atoms with Gasteiger partial charge in [0, 0.05) is 16.3 Å². The molecule has 0 aliphatic carbocycles. The number of H-pyrrole nitrogens is 1. The number of nitrogens with zero attached hydrogens (tertiary/aromatic N) is 3. The molecule has 2 N–H and O–H groups in total. The average Bonchev–Trinajstić information content (AvgIpc) is 2.95. The Balaban J connectivity index is 1.81. The van der Waals surface area contributed by atoms with Gasteiger partial charge in [-0.2, -0.15) is 9.78 Å². The number of aromatic hydroxyl groups is 1. The third-order valence-electron chi connectivity index (χ3n) is 3.13. The Labute approximate surface area is 153 Å². The predicted octanol–water partition coefficient (Wildman–Crippen LogP) is 4.47. The van der Waals surface area contributed by atoms with Crippen molar-refractivity contribution in [1.29, 1.82) is 0 Å². The van der Waals surface area contributed by atoms with Gasteiger partial charge in [0.05, 0.1) is 6.21 Å². The summed E-state index contributed by atoms with van der Waals surface area (Å²) in [6, 6.07) is 14.8. The number of hydrogen-bond acceptors (Lipinski definition) is 5. The summed E-state index contributed by atoms with van der Waals surface area (Å²) in [5, 5.41) is 22.2. The molecule has 0 saturated carbocycles. The van der Waals surface area contributed by atoms with Crippen LogP contribution in [0.2, 0.25) is 5.02 Å². The van der Waals surface area contributed by atoms with Crippen molar-refractivity contribution < 1.29 is 5.11 Å². The first-order valence-electron chi connectivity index (χ1n) is 7.00. The number of phenolic OH excluding ortho intramolecular Hbond substituents is 1. The van der Waals surface area contributed by atoms with Crippen LogP contribution in [0.4, 0.5) is 0 Å². The first kappa shape index (κ1) is 16.8. The van der Waals surface area contributed by atoms with E-state index >= 15 is 0 Å². The van der Waals surface area contributed by atoms with Gasteiger partial charge in [0.25, 0.3) is 0 Å². The highest BCUT2D eigenvalue weighted by molar-refractivity contribution is 7.98. The lowest BCUT2D eigenvalue weighted by molar-refractivity contribution is 0.474. The van der Waals surface area contributed by atoms with E-state index in [1.807, 2.05) is 30.3 Å². The fourth-order valence-electron chi connectivity index (χ4n) is 1.94. The number of hydrogen-bond donors (Lipinski definition) is 2. The first-order valence-corrected chi connectivity index (χ1v) is 8.77. The molecule has 1 aromatic heterocycles. The van der Waals surface area contributed by atoms with E-state index in [0.717, 1.165) is 5.75 Å². The number of nitrogens with one attached hydrogen (secondary N) is 1. The van der Waals surface area contributed by atoms with E-state index in [2.05, 4.69) is 15.3 Å². The van der Waals surface area contributed by atoms with Crippen LogP contribution >= 0.6 is 35.6 Å². The second-order valence-electron chi connectivity index (χ2n) is 4.85. The highest BCUT2D eigenvalue weighted by atomic mass is 35.5. The summed E-state index contributed by atoms with van der Waals surface area (Å²) in [5.74, 6) is 0.843. The molecule has 0 spiro atoms. The van der Waals surface area contributed by atoms with E-state index in [1.165, 1.54) is 34.3 Å². The van der Waals surface area contributed by atoms with Crippen LogP contribution in [0, 0.1) is 4.77 Å². The van der Waals surface area contributed by atoms with E-state index in [9.17, 15) is 5.11 Å². The van der Waals surface area contributed by atoms with Crippen LogP contribution < -0.4 is 0 Å². The van der Waals surface area contributed by atoms with Crippen LogP contribution in [-0.4, -0.2) is 26.2 Å². The summed E-state index contributed by atoms with van der Waals surface area (Å²) in [6.45, 7) is 0. The molecule has 3 aromatic rings. The number of halogens is 1. The van der Waals surface area contributed by atoms with Crippen molar-refractivity contribution in [3.05, 3.63) is 69.5 Å². The number of aromatic amines is 1. The molecule has 24 heavy (non-hydrogen) atoms. The zero-order valence-electron chi connectivity index (χ0n) is 12.4. The molecule has 122 valence electrons. The second-order valence-corrected chi connectivity index (χ2v) is 6.61. The summed E-state index contributed by atoms with van der Waals surface area (Å²) >= 11 is 12.7. The van der Waals surface area contributed by atoms with Gasteiger partial charge in [0.15, 0.2) is 0 Å².